The molecular formula is C26H36O4. The molecule has 2 aromatic rings. The Morgan fingerprint density at radius 1 is 0.700 bits per heavy atom. The van der Waals surface area contributed by atoms with Gasteiger partial charge in [-0.05, 0) is 17.2 Å². The van der Waals surface area contributed by atoms with Gasteiger partial charge in [0.2, 0.25) is 0 Å². The van der Waals surface area contributed by atoms with Gasteiger partial charge in [-0.2, -0.15) is 0 Å². The van der Waals surface area contributed by atoms with Gasteiger partial charge in [-0.25, -0.2) is 9.59 Å². The van der Waals surface area contributed by atoms with Gasteiger partial charge in [0.05, 0.1) is 14.2 Å². The first-order valence-electron chi connectivity index (χ1n) is 9.76. The molecule has 2 aromatic carbocycles. The summed E-state index contributed by atoms with van der Waals surface area (Å²) in [6.07, 6.45) is 6.06. The molecule has 0 fully saturated rings. The van der Waals surface area contributed by atoms with Crippen molar-refractivity contribution in [3.05, 3.63) is 97.1 Å². The summed E-state index contributed by atoms with van der Waals surface area (Å²) in [7, 11) is 2.67. The van der Waals surface area contributed by atoms with Crippen LogP contribution in [0, 0.1) is 0 Å². The molecule has 0 saturated carbocycles. The van der Waals surface area contributed by atoms with Crippen molar-refractivity contribution in [2.75, 3.05) is 14.2 Å². The second-order valence-corrected chi connectivity index (χ2v) is 4.61. The fourth-order valence-corrected chi connectivity index (χ4v) is 1.47. The van der Waals surface area contributed by atoms with E-state index in [9.17, 15) is 9.59 Å². The summed E-state index contributed by atoms with van der Waals surface area (Å²) in [5, 5.41) is 0. The van der Waals surface area contributed by atoms with Crippen LogP contribution in [0.5, 0.6) is 0 Å². The van der Waals surface area contributed by atoms with Crippen LogP contribution in [0.2, 0.25) is 0 Å². The minimum atomic E-state index is -0.394. The Balaban J connectivity index is -0.000000354. The molecule has 4 nitrogen and oxygen atoms in total. The predicted octanol–water partition coefficient (Wildman–Crippen LogP) is 6.60. The largest absolute Gasteiger partial charge is 0.466 e. The molecular weight excluding hydrogens is 376 g/mol. The van der Waals surface area contributed by atoms with Gasteiger partial charge in [0.1, 0.15) is 0 Å². The maximum Gasteiger partial charge on any atom is 0.330 e. The standard InChI is InChI=1S/C10H10O2.C8H8.C4H6O2.2C2H6/c1-12-10(11)8-7-9-5-3-2-4-6-9;1-2-8-6-4-3-5-7-8;1-3-4(5)6-2;2*1-2/h2-8H,1H3;2-7H,1H2;3H,1H2,2H3;2*1-2H3/b8-7+;;;;. The maximum atomic E-state index is 10.7. The highest BCUT2D eigenvalue weighted by Gasteiger charge is 1.89. The van der Waals surface area contributed by atoms with Crippen molar-refractivity contribution < 1.29 is 19.1 Å². The highest BCUT2D eigenvalue weighted by molar-refractivity contribution is 5.86. The van der Waals surface area contributed by atoms with E-state index in [1.54, 1.807) is 6.08 Å². The van der Waals surface area contributed by atoms with Crippen molar-refractivity contribution >= 4 is 24.1 Å². The number of hydrogen-bond donors (Lipinski definition) is 0. The first kappa shape index (κ1) is 31.3. The third-order valence-corrected chi connectivity index (χ3v) is 2.82. The SMILES string of the molecule is C=CC(=O)OC.C=Cc1ccccc1.CC.CC.COC(=O)/C=C/c1ccccc1. The van der Waals surface area contributed by atoms with Crippen LogP contribution < -0.4 is 0 Å². The Morgan fingerprint density at radius 2 is 1.10 bits per heavy atom. The molecule has 0 radical (unpaired) electrons. The Bertz CT molecular complexity index is 689. The Hall–Kier alpha value is -3.40. The zero-order valence-electron chi connectivity index (χ0n) is 19.1. The second kappa shape index (κ2) is 25.6. The molecule has 4 heteroatoms. The van der Waals surface area contributed by atoms with E-state index in [1.807, 2.05) is 94.4 Å². The van der Waals surface area contributed by atoms with Gasteiger partial charge in [0.25, 0.3) is 0 Å². The van der Waals surface area contributed by atoms with E-state index in [4.69, 9.17) is 0 Å². The molecule has 164 valence electrons. The molecule has 0 saturated heterocycles. The van der Waals surface area contributed by atoms with Gasteiger partial charge < -0.3 is 9.47 Å². The summed E-state index contributed by atoms with van der Waals surface area (Å²) >= 11 is 0. The molecule has 30 heavy (non-hydrogen) atoms. The summed E-state index contributed by atoms with van der Waals surface area (Å²) in [5.74, 6) is -0.728. The average Bonchev–Trinajstić information content (AvgIpc) is 2.86. The van der Waals surface area contributed by atoms with E-state index in [-0.39, 0.29) is 5.97 Å². The highest BCUT2D eigenvalue weighted by atomic mass is 16.5. The van der Waals surface area contributed by atoms with E-state index in [1.165, 1.54) is 25.9 Å². The van der Waals surface area contributed by atoms with Crippen molar-refractivity contribution in [3.63, 3.8) is 0 Å². The molecule has 0 N–H and O–H groups in total. The van der Waals surface area contributed by atoms with Crippen LogP contribution in [0.15, 0.2) is 86.0 Å². The van der Waals surface area contributed by atoms with Crippen LogP contribution in [0.3, 0.4) is 0 Å². The third kappa shape index (κ3) is 20.9. The topological polar surface area (TPSA) is 52.6 Å². The van der Waals surface area contributed by atoms with E-state index >= 15 is 0 Å². The lowest BCUT2D eigenvalue weighted by molar-refractivity contribution is -0.135. The molecule has 0 spiro atoms. The normalized spacial score (nSPS) is 8.07. The number of esters is 2. The van der Waals surface area contributed by atoms with Crippen LogP contribution in [-0.2, 0) is 19.1 Å². The monoisotopic (exact) mass is 412 g/mol. The minimum Gasteiger partial charge on any atom is -0.466 e. The third-order valence-electron chi connectivity index (χ3n) is 2.82. The van der Waals surface area contributed by atoms with Gasteiger partial charge in [0, 0.05) is 12.2 Å². The minimum absolute atomic E-state index is 0.334. The molecule has 0 heterocycles. The van der Waals surface area contributed by atoms with Crippen LogP contribution in [0.4, 0.5) is 0 Å². The number of rotatable bonds is 4. The Labute approximate surface area is 182 Å². The number of methoxy groups -OCH3 is 2. The lowest BCUT2D eigenvalue weighted by Crippen LogP contribution is -1.92. The number of carbonyl (C=O) groups is 2. The summed E-state index contributed by atoms with van der Waals surface area (Å²) < 4.78 is 8.59. The van der Waals surface area contributed by atoms with Crippen molar-refractivity contribution in [3.8, 4) is 0 Å². The molecule has 0 atom stereocenters. The van der Waals surface area contributed by atoms with Gasteiger partial charge >= 0.3 is 11.9 Å². The summed E-state index contributed by atoms with van der Waals surface area (Å²) in [4.78, 5) is 20.5. The van der Waals surface area contributed by atoms with Gasteiger partial charge in [0.15, 0.2) is 0 Å². The quantitative estimate of drug-likeness (QED) is 0.419. The average molecular weight is 413 g/mol. The van der Waals surface area contributed by atoms with Crippen molar-refractivity contribution in [1.29, 1.82) is 0 Å². The van der Waals surface area contributed by atoms with E-state index in [0.29, 0.717) is 0 Å². The first-order chi connectivity index (χ1) is 14.6. The number of ether oxygens (including phenoxy) is 2. The van der Waals surface area contributed by atoms with Crippen LogP contribution >= 0.6 is 0 Å². The van der Waals surface area contributed by atoms with E-state index in [2.05, 4.69) is 22.6 Å². The molecule has 2 rings (SSSR count). The van der Waals surface area contributed by atoms with Crippen molar-refractivity contribution in [2.24, 2.45) is 0 Å². The number of hydrogen-bond acceptors (Lipinski definition) is 4. The lowest BCUT2D eigenvalue weighted by Gasteiger charge is -1.91. The summed E-state index contributed by atoms with van der Waals surface area (Å²) in [5.41, 5.74) is 2.16. The predicted molar refractivity (Wildman–Crippen MR) is 129 cm³/mol. The van der Waals surface area contributed by atoms with Crippen LogP contribution in [-0.4, -0.2) is 26.2 Å². The number of benzene rings is 2. The molecule has 0 aromatic heterocycles. The fraction of sp³-hybridized carbons (Fsp3) is 0.231. The maximum absolute atomic E-state index is 10.7. The first-order valence-corrected chi connectivity index (χ1v) is 9.76. The smallest absolute Gasteiger partial charge is 0.330 e. The van der Waals surface area contributed by atoms with E-state index in [0.717, 1.165) is 11.6 Å². The van der Waals surface area contributed by atoms with Crippen LogP contribution in [0.1, 0.15) is 38.8 Å². The molecule has 0 aliphatic carbocycles. The molecule has 0 amide bonds. The summed E-state index contributed by atoms with van der Waals surface area (Å²) in [6.45, 7) is 14.8. The molecule has 0 aliphatic heterocycles. The second-order valence-electron chi connectivity index (χ2n) is 4.61. The molecule has 0 bridgehead atoms. The molecule has 0 unspecified atom stereocenters. The Kier molecular flexibility index (Phi) is 26.7. The van der Waals surface area contributed by atoms with Gasteiger partial charge in [-0.15, -0.1) is 0 Å². The van der Waals surface area contributed by atoms with Crippen LogP contribution in [0.25, 0.3) is 12.2 Å². The van der Waals surface area contributed by atoms with E-state index < -0.39 is 5.97 Å². The van der Waals surface area contributed by atoms with Gasteiger partial charge in [-0.1, -0.05) is 108 Å². The molecule has 0 aliphatic rings. The summed E-state index contributed by atoms with van der Waals surface area (Å²) in [6, 6.07) is 19.6. The van der Waals surface area contributed by atoms with Gasteiger partial charge in [-0.3, -0.25) is 0 Å². The van der Waals surface area contributed by atoms with Crippen molar-refractivity contribution in [1.82, 2.24) is 0 Å². The zero-order valence-corrected chi connectivity index (χ0v) is 19.1. The lowest BCUT2D eigenvalue weighted by atomic mass is 10.2. The fourth-order valence-electron chi connectivity index (χ4n) is 1.47. The number of carbonyl (C=O) groups excluding carboxylic acids is 2. The van der Waals surface area contributed by atoms with Crippen molar-refractivity contribution in [2.45, 2.75) is 27.7 Å². The zero-order chi connectivity index (χ0) is 23.6. The highest BCUT2D eigenvalue weighted by Crippen LogP contribution is 2.00. The Morgan fingerprint density at radius 3 is 1.37 bits per heavy atom.